The molecule has 0 atom stereocenters. The van der Waals surface area contributed by atoms with Gasteiger partial charge in [-0.05, 0) is 42.5 Å². The van der Waals surface area contributed by atoms with Crippen LogP contribution < -0.4 is 15.6 Å². The molecule has 2 aromatic carbocycles. The van der Waals surface area contributed by atoms with Crippen molar-refractivity contribution in [3.8, 4) is 11.5 Å². The van der Waals surface area contributed by atoms with Gasteiger partial charge in [-0.1, -0.05) is 24.3 Å². The highest BCUT2D eigenvalue weighted by molar-refractivity contribution is 5.90. The number of carbonyl (C=O) groups excluding carboxylic acids is 1. The van der Waals surface area contributed by atoms with Gasteiger partial charge in [-0.15, -0.1) is 0 Å². The largest absolute Gasteiger partial charge is 0.457 e. The SMILES string of the molecule is O=C(Cn1ccccc1=O)Nc1ccc(Oc2ccccc2)cc1. The first-order valence-electron chi connectivity index (χ1n) is 7.49. The Bertz CT molecular complexity index is 871. The molecule has 3 rings (SSSR count). The van der Waals surface area contributed by atoms with E-state index in [4.69, 9.17) is 4.74 Å². The van der Waals surface area contributed by atoms with E-state index in [9.17, 15) is 9.59 Å². The molecule has 5 nitrogen and oxygen atoms in total. The molecule has 3 aromatic rings. The molecule has 0 aliphatic carbocycles. The van der Waals surface area contributed by atoms with E-state index in [2.05, 4.69) is 5.32 Å². The second-order valence-electron chi connectivity index (χ2n) is 5.15. The number of amides is 1. The van der Waals surface area contributed by atoms with Gasteiger partial charge in [0, 0.05) is 18.0 Å². The van der Waals surface area contributed by atoms with E-state index in [1.165, 1.54) is 10.6 Å². The van der Waals surface area contributed by atoms with E-state index in [0.29, 0.717) is 11.4 Å². The molecule has 1 heterocycles. The lowest BCUT2D eigenvalue weighted by atomic mass is 10.3. The van der Waals surface area contributed by atoms with E-state index >= 15 is 0 Å². The number of para-hydroxylation sites is 1. The summed E-state index contributed by atoms with van der Waals surface area (Å²) in [4.78, 5) is 23.6. The van der Waals surface area contributed by atoms with Crippen molar-refractivity contribution in [1.82, 2.24) is 4.57 Å². The van der Waals surface area contributed by atoms with Crippen LogP contribution >= 0.6 is 0 Å². The summed E-state index contributed by atoms with van der Waals surface area (Å²) in [5, 5.41) is 2.75. The fraction of sp³-hybridized carbons (Fsp3) is 0.0526. The van der Waals surface area contributed by atoms with Crippen LogP contribution in [0.1, 0.15) is 0 Å². The van der Waals surface area contributed by atoms with Crippen LogP contribution in [0, 0.1) is 0 Å². The second-order valence-corrected chi connectivity index (χ2v) is 5.15. The van der Waals surface area contributed by atoms with Gasteiger partial charge in [0.2, 0.25) is 5.91 Å². The average molecular weight is 320 g/mol. The Balaban J connectivity index is 1.61. The summed E-state index contributed by atoms with van der Waals surface area (Å²) < 4.78 is 7.04. The van der Waals surface area contributed by atoms with Crippen LogP contribution in [0.5, 0.6) is 11.5 Å². The van der Waals surface area contributed by atoms with Crippen molar-refractivity contribution in [2.75, 3.05) is 5.32 Å². The molecule has 0 aliphatic rings. The van der Waals surface area contributed by atoms with Crippen LogP contribution in [0.15, 0.2) is 83.8 Å². The standard InChI is InChI=1S/C19H16N2O3/c22-18(14-21-13-5-4-8-19(21)23)20-15-9-11-17(12-10-15)24-16-6-2-1-3-7-16/h1-13H,14H2,(H,20,22). The Kier molecular flexibility index (Phi) is 4.72. The Morgan fingerprint density at radius 1 is 0.875 bits per heavy atom. The molecule has 0 spiro atoms. The molecule has 0 bridgehead atoms. The molecule has 1 aromatic heterocycles. The zero-order valence-electron chi connectivity index (χ0n) is 12.9. The molecular formula is C19H16N2O3. The predicted octanol–water partition coefficient (Wildman–Crippen LogP) is 3.28. The van der Waals surface area contributed by atoms with E-state index < -0.39 is 0 Å². The average Bonchev–Trinajstić information content (AvgIpc) is 2.60. The van der Waals surface area contributed by atoms with Crippen molar-refractivity contribution in [1.29, 1.82) is 0 Å². The van der Waals surface area contributed by atoms with Crippen LogP contribution in [0.3, 0.4) is 0 Å². The van der Waals surface area contributed by atoms with Gasteiger partial charge in [-0.2, -0.15) is 0 Å². The fourth-order valence-electron chi connectivity index (χ4n) is 2.18. The highest BCUT2D eigenvalue weighted by atomic mass is 16.5. The third kappa shape index (κ3) is 4.10. The molecule has 1 N–H and O–H groups in total. The minimum atomic E-state index is -0.264. The summed E-state index contributed by atoms with van der Waals surface area (Å²) in [7, 11) is 0. The van der Waals surface area contributed by atoms with Gasteiger partial charge in [-0.3, -0.25) is 9.59 Å². The van der Waals surface area contributed by atoms with Gasteiger partial charge in [0.25, 0.3) is 5.56 Å². The maximum absolute atomic E-state index is 12.0. The molecule has 24 heavy (non-hydrogen) atoms. The van der Waals surface area contributed by atoms with E-state index in [0.717, 1.165) is 5.75 Å². The van der Waals surface area contributed by atoms with Crippen LogP contribution in [-0.2, 0) is 11.3 Å². The molecule has 0 saturated carbocycles. The van der Waals surface area contributed by atoms with Gasteiger partial charge in [0.1, 0.15) is 18.0 Å². The first-order chi connectivity index (χ1) is 11.7. The van der Waals surface area contributed by atoms with Crippen molar-refractivity contribution >= 4 is 11.6 Å². The van der Waals surface area contributed by atoms with Crippen molar-refractivity contribution in [3.63, 3.8) is 0 Å². The lowest BCUT2D eigenvalue weighted by Crippen LogP contribution is -2.26. The molecule has 1 amide bonds. The third-order valence-electron chi connectivity index (χ3n) is 3.33. The Morgan fingerprint density at radius 2 is 1.54 bits per heavy atom. The van der Waals surface area contributed by atoms with Crippen molar-refractivity contribution < 1.29 is 9.53 Å². The number of hydrogen-bond acceptors (Lipinski definition) is 3. The molecule has 0 saturated heterocycles. The van der Waals surface area contributed by atoms with Gasteiger partial charge < -0.3 is 14.6 Å². The predicted molar refractivity (Wildman–Crippen MR) is 92.3 cm³/mol. The summed E-state index contributed by atoms with van der Waals surface area (Å²) in [5.41, 5.74) is 0.434. The number of nitrogens with zero attached hydrogens (tertiary/aromatic N) is 1. The number of anilines is 1. The number of pyridine rings is 1. The molecule has 0 radical (unpaired) electrons. The molecule has 120 valence electrons. The Morgan fingerprint density at radius 3 is 2.25 bits per heavy atom. The molecule has 0 unspecified atom stereocenters. The Labute approximate surface area is 139 Å². The third-order valence-corrected chi connectivity index (χ3v) is 3.33. The molecule has 0 fully saturated rings. The lowest BCUT2D eigenvalue weighted by molar-refractivity contribution is -0.116. The van der Waals surface area contributed by atoms with Crippen molar-refractivity contribution in [2.24, 2.45) is 0 Å². The summed E-state index contributed by atoms with van der Waals surface area (Å²) in [6, 6.07) is 21.3. The van der Waals surface area contributed by atoms with Crippen LogP contribution in [0.2, 0.25) is 0 Å². The number of benzene rings is 2. The highest BCUT2D eigenvalue weighted by Crippen LogP contribution is 2.22. The van der Waals surface area contributed by atoms with Crippen LogP contribution in [-0.4, -0.2) is 10.5 Å². The summed E-state index contributed by atoms with van der Waals surface area (Å²) in [6.45, 7) is -0.0259. The van der Waals surface area contributed by atoms with E-state index in [-0.39, 0.29) is 18.0 Å². The fourth-order valence-corrected chi connectivity index (χ4v) is 2.18. The zero-order valence-corrected chi connectivity index (χ0v) is 12.9. The lowest BCUT2D eigenvalue weighted by Gasteiger charge is -2.09. The van der Waals surface area contributed by atoms with Crippen molar-refractivity contribution in [3.05, 3.63) is 89.3 Å². The topological polar surface area (TPSA) is 60.3 Å². The van der Waals surface area contributed by atoms with Gasteiger partial charge in [-0.25, -0.2) is 0 Å². The maximum Gasteiger partial charge on any atom is 0.250 e. The number of hydrogen-bond donors (Lipinski definition) is 1. The number of aromatic nitrogens is 1. The Hall–Kier alpha value is -3.34. The molecule has 0 aliphatic heterocycles. The van der Waals surface area contributed by atoms with Crippen LogP contribution in [0.4, 0.5) is 5.69 Å². The van der Waals surface area contributed by atoms with Gasteiger partial charge >= 0.3 is 0 Å². The second kappa shape index (κ2) is 7.28. The minimum Gasteiger partial charge on any atom is -0.457 e. The molecule has 5 heteroatoms. The number of nitrogens with one attached hydrogen (secondary N) is 1. The monoisotopic (exact) mass is 320 g/mol. The first-order valence-corrected chi connectivity index (χ1v) is 7.49. The zero-order chi connectivity index (χ0) is 16.8. The quantitative estimate of drug-likeness (QED) is 0.785. The van der Waals surface area contributed by atoms with Crippen molar-refractivity contribution in [2.45, 2.75) is 6.54 Å². The number of carbonyl (C=O) groups is 1. The highest BCUT2D eigenvalue weighted by Gasteiger charge is 2.05. The van der Waals surface area contributed by atoms with E-state index in [1.54, 1.807) is 42.6 Å². The summed E-state index contributed by atoms with van der Waals surface area (Å²) in [5.74, 6) is 1.16. The van der Waals surface area contributed by atoms with Crippen LogP contribution in [0.25, 0.3) is 0 Å². The summed E-state index contributed by atoms with van der Waals surface area (Å²) >= 11 is 0. The smallest absolute Gasteiger partial charge is 0.250 e. The summed E-state index contributed by atoms with van der Waals surface area (Å²) in [6.07, 6.45) is 1.58. The van der Waals surface area contributed by atoms with Gasteiger partial charge in [0.15, 0.2) is 0 Å². The minimum absolute atomic E-state index is 0.0259. The molecular weight excluding hydrogens is 304 g/mol. The number of ether oxygens (including phenoxy) is 1. The maximum atomic E-state index is 12.0. The van der Waals surface area contributed by atoms with Gasteiger partial charge in [0.05, 0.1) is 0 Å². The van der Waals surface area contributed by atoms with E-state index in [1.807, 2.05) is 30.3 Å². The normalized spacial score (nSPS) is 10.2. The number of rotatable bonds is 5. The first kappa shape index (κ1) is 15.6.